The van der Waals surface area contributed by atoms with Gasteiger partial charge in [0.15, 0.2) is 5.78 Å². The molecule has 1 aliphatic carbocycles. The summed E-state index contributed by atoms with van der Waals surface area (Å²) in [5.41, 5.74) is 3.14. The SMILES string of the molecule is Cc1c(Cc2ccc(C(=O)CC3(C#N)CC3)c(F)c2)cc2c(=O)n([C@H]3CCOC[C@@H]3O)cnc2c1C. The van der Waals surface area contributed by atoms with Gasteiger partial charge in [0.05, 0.1) is 53.0 Å². The van der Waals surface area contributed by atoms with Crippen molar-refractivity contribution < 1.29 is 19.0 Å². The minimum Gasteiger partial charge on any atom is -0.389 e. The summed E-state index contributed by atoms with van der Waals surface area (Å²) in [6.45, 7) is 4.50. The molecular weight excluding hydrogens is 461 g/mol. The number of Topliss-reactive ketones (excluding diaryl/α,β-unsaturated/α-hetero) is 1. The zero-order chi connectivity index (χ0) is 25.6. The van der Waals surface area contributed by atoms with Gasteiger partial charge in [-0.25, -0.2) is 9.37 Å². The van der Waals surface area contributed by atoms with E-state index in [-0.39, 0.29) is 29.9 Å². The second-order valence-electron chi connectivity index (χ2n) is 10.1. The summed E-state index contributed by atoms with van der Waals surface area (Å²) in [6.07, 6.45) is 3.02. The first-order chi connectivity index (χ1) is 17.2. The molecule has 3 aromatic rings. The van der Waals surface area contributed by atoms with Gasteiger partial charge in [-0.1, -0.05) is 6.07 Å². The molecule has 2 atom stereocenters. The molecule has 0 unspecified atom stereocenters. The highest BCUT2D eigenvalue weighted by Gasteiger charge is 2.45. The summed E-state index contributed by atoms with van der Waals surface area (Å²) in [6, 6.07) is 8.15. The molecule has 1 N–H and O–H groups in total. The lowest BCUT2D eigenvalue weighted by atomic mass is 9.92. The Kier molecular flexibility index (Phi) is 6.23. The molecule has 1 aromatic heterocycles. The Hall–Kier alpha value is -3.41. The van der Waals surface area contributed by atoms with Crippen LogP contribution in [0.5, 0.6) is 0 Å². The van der Waals surface area contributed by atoms with Crippen molar-refractivity contribution >= 4 is 16.7 Å². The minimum atomic E-state index is -0.783. The second-order valence-corrected chi connectivity index (χ2v) is 10.1. The van der Waals surface area contributed by atoms with Crippen LogP contribution in [0.1, 0.15) is 64.3 Å². The first kappa shape index (κ1) is 24.3. The highest BCUT2D eigenvalue weighted by molar-refractivity contribution is 5.97. The van der Waals surface area contributed by atoms with Crippen LogP contribution >= 0.6 is 0 Å². The molecule has 2 aliphatic rings. The van der Waals surface area contributed by atoms with E-state index < -0.39 is 23.4 Å². The molecule has 0 amide bonds. The largest absolute Gasteiger partial charge is 0.389 e. The Morgan fingerprint density at radius 2 is 2.08 bits per heavy atom. The molecule has 0 spiro atoms. The normalized spacial score (nSPS) is 20.8. The highest BCUT2D eigenvalue weighted by atomic mass is 19.1. The van der Waals surface area contributed by atoms with Crippen molar-refractivity contribution in [3.05, 3.63) is 74.6 Å². The third-order valence-electron chi connectivity index (χ3n) is 7.72. The van der Waals surface area contributed by atoms with Gasteiger partial charge in [-0.15, -0.1) is 0 Å². The van der Waals surface area contributed by atoms with Gasteiger partial charge in [-0.2, -0.15) is 5.26 Å². The van der Waals surface area contributed by atoms with Crippen LogP contribution in [0.2, 0.25) is 0 Å². The molecule has 5 rings (SSSR count). The number of carbonyl (C=O) groups excluding carboxylic acids is 1. The van der Waals surface area contributed by atoms with E-state index in [1.165, 1.54) is 23.0 Å². The predicted octanol–water partition coefficient (Wildman–Crippen LogP) is 3.94. The lowest BCUT2D eigenvalue weighted by Gasteiger charge is -2.29. The molecule has 2 fully saturated rings. The highest BCUT2D eigenvalue weighted by Crippen LogP contribution is 2.48. The zero-order valence-corrected chi connectivity index (χ0v) is 20.4. The van der Waals surface area contributed by atoms with Crippen molar-refractivity contribution in [1.29, 1.82) is 5.26 Å². The molecule has 0 radical (unpaired) electrons. The Labute approximate surface area is 208 Å². The van der Waals surface area contributed by atoms with Crippen LogP contribution in [-0.2, 0) is 11.2 Å². The van der Waals surface area contributed by atoms with Crippen molar-refractivity contribution in [2.75, 3.05) is 13.2 Å². The van der Waals surface area contributed by atoms with E-state index in [0.29, 0.717) is 48.8 Å². The number of ketones is 1. The number of hydrogen-bond acceptors (Lipinski definition) is 6. The minimum absolute atomic E-state index is 0.00814. The first-order valence-electron chi connectivity index (χ1n) is 12.2. The smallest absolute Gasteiger partial charge is 0.261 e. The van der Waals surface area contributed by atoms with Gasteiger partial charge < -0.3 is 9.84 Å². The van der Waals surface area contributed by atoms with E-state index in [1.54, 1.807) is 12.1 Å². The fraction of sp³-hybridized carbons (Fsp3) is 0.429. The average Bonchev–Trinajstić information content (AvgIpc) is 3.63. The van der Waals surface area contributed by atoms with Crippen molar-refractivity contribution in [3.8, 4) is 6.07 Å². The van der Waals surface area contributed by atoms with Crippen LogP contribution in [0, 0.1) is 36.4 Å². The summed E-state index contributed by atoms with van der Waals surface area (Å²) in [5, 5.41) is 20.0. The molecule has 36 heavy (non-hydrogen) atoms. The lowest BCUT2D eigenvalue weighted by molar-refractivity contribution is -0.0395. The van der Waals surface area contributed by atoms with Crippen LogP contribution in [0.15, 0.2) is 35.4 Å². The Morgan fingerprint density at radius 3 is 2.75 bits per heavy atom. The van der Waals surface area contributed by atoms with Crippen LogP contribution in [0.4, 0.5) is 4.39 Å². The van der Waals surface area contributed by atoms with E-state index >= 15 is 0 Å². The number of benzene rings is 2. The van der Waals surface area contributed by atoms with E-state index in [0.717, 1.165) is 16.7 Å². The molecule has 186 valence electrons. The standard InChI is InChI=1S/C28H28FN3O4/c1-16-17(2)26-21(27(35)32(15-31-26)23-5-8-36-13-25(23)34)11-19(16)9-18-3-4-20(22(29)10-18)24(33)12-28(14-30)6-7-28/h3-4,10-11,15,23,25,34H,5-9,12-13H2,1-2H3/t23-,25-/m0/s1. The van der Waals surface area contributed by atoms with E-state index in [4.69, 9.17) is 4.74 Å². The number of fused-ring (bicyclic) bond motifs is 1. The number of aromatic nitrogens is 2. The third kappa shape index (κ3) is 4.34. The van der Waals surface area contributed by atoms with Crippen LogP contribution in [0.25, 0.3) is 10.9 Å². The van der Waals surface area contributed by atoms with E-state index in [2.05, 4.69) is 11.1 Å². The molecule has 0 bridgehead atoms. The van der Waals surface area contributed by atoms with Gasteiger partial charge in [0, 0.05) is 13.0 Å². The molecule has 1 saturated carbocycles. The summed E-state index contributed by atoms with van der Waals surface area (Å²) in [7, 11) is 0. The van der Waals surface area contributed by atoms with Gasteiger partial charge in [0.2, 0.25) is 0 Å². The molecule has 1 saturated heterocycles. The van der Waals surface area contributed by atoms with Gasteiger partial charge in [-0.05, 0) is 80.0 Å². The summed E-state index contributed by atoms with van der Waals surface area (Å²) in [4.78, 5) is 30.5. The number of nitrogens with zero attached hydrogens (tertiary/aromatic N) is 3. The fourth-order valence-corrected chi connectivity index (χ4v) is 5.06. The number of halogens is 1. The maximum Gasteiger partial charge on any atom is 0.261 e. The Morgan fingerprint density at radius 1 is 1.31 bits per heavy atom. The number of aryl methyl sites for hydroxylation is 1. The summed E-state index contributed by atoms with van der Waals surface area (Å²) >= 11 is 0. The van der Waals surface area contributed by atoms with E-state index in [1.807, 2.05) is 13.8 Å². The molecule has 2 aromatic carbocycles. The number of carbonyl (C=O) groups is 1. The molecule has 8 heteroatoms. The van der Waals surface area contributed by atoms with Gasteiger partial charge >= 0.3 is 0 Å². The number of nitriles is 1. The van der Waals surface area contributed by atoms with Crippen molar-refractivity contribution in [3.63, 3.8) is 0 Å². The number of aliphatic hydroxyl groups excluding tert-OH is 1. The zero-order valence-electron chi connectivity index (χ0n) is 20.4. The number of ether oxygens (including phenoxy) is 1. The molecular formula is C28H28FN3O4. The quantitative estimate of drug-likeness (QED) is 0.526. The number of rotatable bonds is 6. The first-order valence-corrected chi connectivity index (χ1v) is 12.2. The van der Waals surface area contributed by atoms with Crippen molar-refractivity contribution in [2.45, 2.75) is 58.1 Å². The molecule has 1 aliphatic heterocycles. The lowest BCUT2D eigenvalue weighted by Crippen LogP contribution is -2.39. The van der Waals surface area contributed by atoms with Gasteiger partial charge in [0.1, 0.15) is 5.82 Å². The van der Waals surface area contributed by atoms with Crippen molar-refractivity contribution in [2.24, 2.45) is 5.41 Å². The van der Waals surface area contributed by atoms with Crippen LogP contribution in [0.3, 0.4) is 0 Å². The fourth-order valence-electron chi connectivity index (χ4n) is 5.06. The summed E-state index contributed by atoms with van der Waals surface area (Å²) < 4.78 is 21.7. The Bertz CT molecular complexity index is 1470. The Balaban J connectivity index is 1.46. The average molecular weight is 490 g/mol. The topological polar surface area (TPSA) is 105 Å². The van der Waals surface area contributed by atoms with E-state index in [9.17, 15) is 24.3 Å². The maximum absolute atomic E-state index is 14.9. The van der Waals surface area contributed by atoms with Crippen molar-refractivity contribution in [1.82, 2.24) is 9.55 Å². The van der Waals surface area contributed by atoms with Gasteiger partial charge in [-0.3, -0.25) is 14.2 Å². The predicted molar refractivity (Wildman–Crippen MR) is 131 cm³/mol. The number of aliphatic hydroxyl groups is 1. The van der Waals surface area contributed by atoms with Gasteiger partial charge in [0.25, 0.3) is 5.56 Å². The summed E-state index contributed by atoms with van der Waals surface area (Å²) in [5.74, 6) is -0.948. The monoisotopic (exact) mass is 489 g/mol. The van der Waals surface area contributed by atoms with Crippen LogP contribution in [-0.4, -0.2) is 39.8 Å². The molecule has 2 heterocycles. The second kappa shape index (κ2) is 9.23. The molecule has 7 nitrogen and oxygen atoms in total. The third-order valence-corrected chi connectivity index (χ3v) is 7.72. The number of hydrogen-bond donors (Lipinski definition) is 1. The maximum atomic E-state index is 14.9. The van der Waals surface area contributed by atoms with Crippen LogP contribution < -0.4 is 5.56 Å².